The summed E-state index contributed by atoms with van der Waals surface area (Å²) in [5.74, 6) is 0.0570. The van der Waals surface area contributed by atoms with E-state index in [4.69, 9.17) is 4.74 Å². The Morgan fingerprint density at radius 2 is 1.96 bits per heavy atom. The van der Waals surface area contributed by atoms with Gasteiger partial charge in [0.25, 0.3) is 5.91 Å². The van der Waals surface area contributed by atoms with Crippen molar-refractivity contribution in [3.63, 3.8) is 0 Å². The third kappa shape index (κ3) is 3.71. The number of nitrogens with zero attached hydrogens (tertiary/aromatic N) is 3. The Labute approximate surface area is 160 Å². The quantitative estimate of drug-likeness (QED) is 0.856. The Morgan fingerprint density at radius 1 is 1.22 bits per heavy atom. The van der Waals surface area contributed by atoms with Gasteiger partial charge in [0.05, 0.1) is 25.3 Å². The van der Waals surface area contributed by atoms with Crippen LogP contribution in [0.4, 0.5) is 0 Å². The van der Waals surface area contributed by atoms with Crippen molar-refractivity contribution in [1.82, 2.24) is 20.1 Å². The lowest BCUT2D eigenvalue weighted by Crippen LogP contribution is -2.73. The molecule has 3 heterocycles. The van der Waals surface area contributed by atoms with Gasteiger partial charge in [-0.05, 0) is 38.4 Å². The van der Waals surface area contributed by atoms with E-state index in [2.05, 4.69) is 15.2 Å². The molecule has 1 N–H and O–H groups in total. The number of hydrogen-bond donors (Lipinski definition) is 1. The summed E-state index contributed by atoms with van der Waals surface area (Å²) in [4.78, 5) is 33.1. The number of hydrogen-bond acceptors (Lipinski definition) is 5. The van der Waals surface area contributed by atoms with Gasteiger partial charge in [0.15, 0.2) is 0 Å². The zero-order chi connectivity index (χ0) is 19.0. The molecule has 4 rings (SSSR count). The molecule has 2 saturated heterocycles. The number of likely N-dealkylation sites (tertiary alicyclic amines) is 1. The molecule has 1 aromatic rings. The fourth-order valence-corrected chi connectivity index (χ4v) is 4.48. The zero-order valence-electron chi connectivity index (χ0n) is 16.1. The van der Waals surface area contributed by atoms with Crippen molar-refractivity contribution in [3.8, 4) is 0 Å². The van der Waals surface area contributed by atoms with E-state index in [9.17, 15) is 9.59 Å². The molecule has 7 nitrogen and oxygen atoms in total. The van der Waals surface area contributed by atoms with Gasteiger partial charge < -0.3 is 15.0 Å². The fraction of sp³-hybridized carbons (Fsp3) is 0.650. The van der Waals surface area contributed by atoms with Crippen LogP contribution in [0, 0.1) is 6.92 Å². The topological polar surface area (TPSA) is 74.8 Å². The van der Waals surface area contributed by atoms with Crippen LogP contribution < -0.4 is 5.32 Å². The third-order valence-electron chi connectivity index (χ3n) is 5.99. The van der Waals surface area contributed by atoms with Gasteiger partial charge in [-0.2, -0.15) is 0 Å². The van der Waals surface area contributed by atoms with Crippen molar-refractivity contribution >= 4 is 11.8 Å². The van der Waals surface area contributed by atoms with Crippen LogP contribution in [0.3, 0.4) is 0 Å². The first-order chi connectivity index (χ1) is 13.0. The smallest absolute Gasteiger partial charge is 0.255 e. The maximum atomic E-state index is 12.6. The highest BCUT2D eigenvalue weighted by Gasteiger charge is 2.51. The number of likely N-dealkylation sites (N-methyl/N-ethyl adjacent to an activating group) is 1. The molecule has 3 fully saturated rings. The van der Waals surface area contributed by atoms with E-state index >= 15 is 0 Å². The van der Waals surface area contributed by atoms with Crippen LogP contribution >= 0.6 is 0 Å². The van der Waals surface area contributed by atoms with Crippen LogP contribution in [-0.4, -0.2) is 77.6 Å². The molecule has 1 atom stereocenters. The largest absolute Gasteiger partial charge is 0.368 e. The lowest BCUT2D eigenvalue weighted by Gasteiger charge is -2.54. The summed E-state index contributed by atoms with van der Waals surface area (Å²) < 4.78 is 6.10. The molecular weight excluding hydrogens is 344 g/mol. The van der Waals surface area contributed by atoms with Gasteiger partial charge in [0, 0.05) is 25.0 Å². The lowest BCUT2D eigenvalue weighted by molar-refractivity contribution is -0.187. The molecule has 1 saturated carbocycles. The SMILES string of the molecule is Cc1cncc(C(=O)N2CC3(C2)CN(C)[C@H](C(=O)NC2CCCC2)CO3)c1. The maximum Gasteiger partial charge on any atom is 0.255 e. The monoisotopic (exact) mass is 372 g/mol. The van der Waals surface area contributed by atoms with Crippen LogP contribution in [-0.2, 0) is 9.53 Å². The predicted molar refractivity (Wildman–Crippen MR) is 100 cm³/mol. The predicted octanol–water partition coefficient (Wildman–Crippen LogP) is 0.974. The fourth-order valence-electron chi connectivity index (χ4n) is 4.48. The average molecular weight is 372 g/mol. The summed E-state index contributed by atoms with van der Waals surface area (Å²) in [6.45, 7) is 4.08. The van der Waals surface area contributed by atoms with Gasteiger partial charge in [-0.1, -0.05) is 12.8 Å². The number of nitrogens with one attached hydrogen (secondary N) is 1. The molecule has 146 valence electrons. The average Bonchev–Trinajstić information content (AvgIpc) is 3.11. The molecule has 1 aliphatic carbocycles. The molecule has 0 radical (unpaired) electrons. The minimum absolute atomic E-state index is 0.0100. The number of aromatic nitrogens is 1. The second-order valence-electron chi connectivity index (χ2n) is 8.33. The number of ether oxygens (including phenoxy) is 1. The minimum atomic E-state index is -0.355. The summed E-state index contributed by atoms with van der Waals surface area (Å²) in [6, 6.07) is 1.93. The Balaban J connectivity index is 1.31. The summed E-state index contributed by atoms with van der Waals surface area (Å²) in [5.41, 5.74) is 1.23. The van der Waals surface area contributed by atoms with Crippen molar-refractivity contribution in [3.05, 3.63) is 29.6 Å². The summed E-state index contributed by atoms with van der Waals surface area (Å²) in [5, 5.41) is 3.16. The molecule has 0 aromatic carbocycles. The molecule has 0 unspecified atom stereocenters. The first-order valence-corrected chi connectivity index (χ1v) is 9.81. The normalized spacial score (nSPS) is 25.4. The van der Waals surface area contributed by atoms with E-state index in [1.807, 2.05) is 20.0 Å². The summed E-state index contributed by atoms with van der Waals surface area (Å²) >= 11 is 0. The molecule has 0 bridgehead atoms. The maximum absolute atomic E-state index is 12.6. The number of aryl methyl sites for hydroxylation is 1. The van der Waals surface area contributed by atoms with Gasteiger partial charge in [-0.15, -0.1) is 0 Å². The van der Waals surface area contributed by atoms with Gasteiger partial charge in [0.1, 0.15) is 11.6 Å². The standard InChI is InChI=1S/C20H28N4O3/c1-14-7-15(9-21-8-14)19(26)24-12-20(13-24)11-23(2)17(10-27-20)18(25)22-16-5-3-4-6-16/h7-9,16-17H,3-6,10-13H2,1-2H3,(H,22,25)/t17-/m0/s1. The lowest BCUT2D eigenvalue weighted by atomic mass is 9.90. The second-order valence-corrected chi connectivity index (χ2v) is 8.33. The highest BCUT2D eigenvalue weighted by molar-refractivity contribution is 5.94. The van der Waals surface area contributed by atoms with Gasteiger partial charge in [-0.25, -0.2) is 0 Å². The van der Waals surface area contributed by atoms with Crippen molar-refractivity contribution < 1.29 is 14.3 Å². The molecule has 1 aromatic heterocycles. The molecule has 2 amide bonds. The number of morpholine rings is 1. The zero-order valence-corrected chi connectivity index (χ0v) is 16.1. The molecular formula is C20H28N4O3. The van der Waals surface area contributed by atoms with Crippen LogP contribution in [0.2, 0.25) is 0 Å². The first-order valence-electron chi connectivity index (χ1n) is 9.81. The number of pyridine rings is 1. The second kappa shape index (κ2) is 7.20. The van der Waals surface area contributed by atoms with E-state index in [1.165, 1.54) is 12.8 Å². The van der Waals surface area contributed by atoms with E-state index in [0.717, 1.165) is 18.4 Å². The molecule has 27 heavy (non-hydrogen) atoms. The van der Waals surface area contributed by atoms with Gasteiger partial charge in [0.2, 0.25) is 5.91 Å². The van der Waals surface area contributed by atoms with E-state index in [0.29, 0.717) is 37.8 Å². The van der Waals surface area contributed by atoms with Crippen molar-refractivity contribution in [2.45, 2.75) is 50.3 Å². The van der Waals surface area contributed by atoms with Crippen LogP contribution in [0.25, 0.3) is 0 Å². The minimum Gasteiger partial charge on any atom is -0.368 e. The summed E-state index contributed by atoms with van der Waals surface area (Å²) in [6.07, 6.45) is 7.91. The first kappa shape index (κ1) is 18.4. The van der Waals surface area contributed by atoms with E-state index in [-0.39, 0.29) is 23.5 Å². The number of carbonyl (C=O) groups excluding carboxylic acids is 2. The van der Waals surface area contributed by atoms with Crippen LogP contribution in [0.5, 0.6) is 0 Å². The number of carbonyl (C=O) groups is 2. The van der Waals surface area contributed by atoms with Crippen molar-refractivity contribution in [2.24, 2.45) is 0 Å². The molecule has 1 spiro atoms. The highest BCUT2D eigenvalue weighted by Crippen LogP contribution is 2.32. The van der Waals surface area contributed by atoms with Crippen LogP contribution in [0.15, 0.2) is 18.5 Å². The Kier molecular flexibility index (Phi) is 4.90. The molecule has 3 aliphatic rings. The Bertz CT molecular complexity index is 726. The van der Waals surface area contributed by atoms with Gasteiger partial charge in [-0.3, -0.25) is 19.5 Å². The van der Waals surface area contributed by atoms with Gasteiger partial charge >= 0.3 is 0 Å². The number of amides is 2. The molecule has 2 aliphatic heterocycles. The number of rotatable bonds is 3. The van der Waals surface area contributed by atoms with Crippen LogP contribution in [0.1, 0.15) is 41.6 Å². The highest BCUT2D eigenvalue weighted by atomic mass is 16.5. The van der Waals surface area contributed by atoms with E-state index < -0.39 is 0 Å². The van der Waals surface area contributed by atoms with E-state index in [1.54, 1.807) is 17.3 Å². The molecule has 7 heteroatoms. The third-order valence-corrected chi connectivity index (χ3v) is 5.99. The van der Waals surface area contributed by atoms with Crippen molar-refractivity contribution in [2.75, 3.05) is 33.3 Å². The Morgan fingerprint density at radius 3 is 2.63 bits per heavy atom. The summed E-state index contributed by atoms with van der Waals surface area (Å²) in [7, 11) is 1.97. The Hall–Kier alpha value is -1.99. The van der Waals surface area contributed by atoms with Crippen molar-refractivity contribution in [1.29, 1.82) is 0 Å².